The molecule has 1 saturated heterocycles. The topological polar surface area (TPSA) is 41.1 Å². The number of nitrogens with one attached hydrogen (secondary N) is 2. The van der Waals surface area contributed by atoms with Crippen LogP contribution in [0, 0.1) is 0 Å². The number of hydrazine groups is 1. The van der Waals surface area contributed by atoms with Crippen LogP contribution in [0.5, 0.6) is 0 Å². The maximum Gasteiger partial charge on any atom is 0.236 e. The van der Waals surface area contributed by atoms with E-state index in [0.717, 1.165) is 12.8 Å². The van der Waals surface area contributed by atoms with Gasteiger partial charge in [0.1, 0.15) is 0 Å². The van der Waals surface area contributed by atoms with Crippen molar-refractivity contribution in [3.8, 4) is 0 Å². The van der Waals surface area contributed by atoms with Gasteiger partial charge in [-0.05, 0) is 12.8 Å². The summed E-state index contributed by atoms with van der Waals surface area (Å²) in [5.41, 5.74) is 5.90. The first kappa shape index (κ1) is 6.16. The van der Waals surface area contributed by atoms with Gasteiger partial charge in [-0.1, -0.05) is 12.8 Å². The molecule has 3 nitrogen and oxygen atoms in total. The van der Waals surface area contributed by atoms with Gasteiger partial charge in [0.2, 0.25) is 5.91 Å². The van der Waals surface area contributed by atoms with Gasteiger partial charge in [-0.25, -0.2) is 5.43 Å². The van der Waals surface area contributed by atoms with Crippen LogP contribution in [0.4, 0.5) is 0 Å². The molecule has 1 heterocycles. The molecule has 10 heavy (non-hydrogen) atoms. The van der Waals surface area contributed by atoms with Crippen LogP contribution >= 0.6 is 0 Å². The van der Waals surface area contributed by atoms with Crippen LogP contribution in [0.15, 0.2) is 0 Å². The van der Waals surface area contributed by atoms with E-state index in [2.05, 4.69) is 10.9 Å². The third-order valence-corrected chi connectivity index (χ3v) is 2.53. The van der Waals surface area contributed by atoms with Gasteiger partial charge in [0.25, 0.3) is 0 Å². The van der Waals surface area contributed by atoms with E-state index in [-0.39, 0.29) is 11.4 Å². The van der Waals surface area contributed by atoms with E-state index in [9.17, 15) is 4.79 Å². The van der Waals surface area contributed by atoms with Crippen molar-refractivity contribution in [3.63, 3.8) is 0 Å². The van der Waals surface area contributed by atoms with E-state index in [1.54, 1.807) is 0 Å². The van der Waals surface area contributed by atoms with Crippen molar-refractivity contribution in [2.45, 2.75) is 37.6 Å². The zero-order valence-electron chi connectivity index (χ0n) is 5.94. The maximum absolute atomic E-state index is 10.8. The van der Waals surface area contributed by atoms with E-state index in [0.29, 0.717) is 6.42 Å². The Kier molecular flexibility index (Phi) is 1.20. The zero-order chi connectivity index (χ0) is 7.03. The predicted molar refractivity (Wildman–Crippen MR) is 37.1 cm³/mol. The van der Waals surface area contributed by atoms with Gasteiger partial charge in [-0.15, -0.1) is 0 Å². The van der Waals surface area contributed by atoms with Crippen molar-refractivity contribution in [2.75, 3.05) is 0 Å². The molecule has 0 aromatic carbocycles. The molecule has 2 N–H and O–H groups in total. The Morgan fingerprint density at radius 1 is 1.30 bits per heavy atom. The third kappa shape index (κ3) is 0.814. The number of hydrogen-bond donors (Lipinski definition) is 2. The van der Waals surface area contributed by atoms with Gasteiger partial charge >= 0.3 is 0 Å². The fraction of sp³-hybridized carbons (Fsp3) is 0.857. The zero-order valence-corrected chi connectivity index (χ0v) is 5.94. The molecule has 56 valence electrons. The minimum absolute atomic E-state index is 0.150. The minimum atomic E-state index is 0.150. The first-order chi connectivity index (χ1) is 4.81. The Labute approximate surface area is 60.1 Å². The largest absolute Gasteiger partial charge is 0.291 e. The predicted octanol–water partition coefficient (Wildman–Crippen LogP) is 0.324. The highest BCUT2D eigenvalue weighted by Gasteiger charge is 2.40. The number of rotatable bonds is 0. The summed E-state index contributed by atoms with van der Waals surface area (Å²) in [6.45, 7) is 0. The van der Waals surface area contributed by atoms with E-state index < -0.39 is 0 Å². The SMILES string of the molecule is O=C1CC2(CCCC2)NN1. The molecule has 1 amide bonds. The summed E-state index contributed by atoms with van der Waals surface area (Å²) in [6.07, 6.45) is 5.54. The maximum atomic E-state index is 10.8. The third-order valence-electron chi connectivity index (χ3n) is 2.53. The van der Waals surface area contributed by atoms with Crippen LogP contribution in [0.25, 0.3) is 0 Å². The second kappa shape index (κ2) is 1.95. The van der Waals surface area contributed by atoms with Crippen molar-refractivity contribution in [2.24, 2.45) is 0 Å². The number of amides is 1. The van der Waals surface area contributed by atoms with Gasteiger partial charge in [-0.2, -0.15) is 0 Å². The monoisotopic (exact) mass is 140 g/mol. The molecular weight excluding hydrogens is 128 g/mol. The molecule has 1 aliphatic heterocycles. The minimum Gasteiger partial charge on any atom is -0.291 e. The van der Waals surface area contributed by atoms with E-state index in [1.807, 2.05) is 0 Å². The standard InChI is InChI=1S/C7H12N2O/c10-6-5-7(9-8-6)3-1-2-4-7/h9H,1-5H2,(H,8,10). The van der Waals surface area contributed by atoms with Crippen LogP contribution in [-0.2, 0) is 4.79 Å². The van der Waals surface area contributed by atoms with Gasteiger partial charge < -0.3 is 0 Å². The lowest BCUT2D eigenvalue weighted by molar-refractivity contribution is -0.119. The van der Waals surface area contributed by atoms with Crippen LogP contribution < -0.4 is 10.9 Å². The van der Waals surface area contributed by atoms with E-state index in [4.69, 9.17) is 0 Å². The average molecular weight is 140 g/mol. The quantitative estimate of drug-likeness (QED) is 0.509. The lowest BCUT2D eigenvalue weighted by Crippen LogP contribution is -2.41. The molecule has 0 aromatic rings. The molecule has 0 radical (unpaired) electrons. The van der Waals surface area contributed by atoms with Gasteiger partial charge in [0.05, 0.1) is 0 Å². The fourth-order valence-electron chi connectivity index (χ4n) is 1.95. The second-order valence-electron chi connectivity index (χ2n) is 3.34. The van der Waals surface area contributed by atoms with E-state index in [1.165, 1.54) is 12.8 Å². The van der Waals surface area contributed by atoms with E-state index >= 15 is 0 Å². The first-order valence-electron chi connectivity index (χ1n) is 3.87. The molecule has 2 aliphatic rings. The molecule has 0 atom stereocenters. The molecular formula is C7H12N2O. The molecule has 2 rings (SSSR count). The highest BCUT2D eigenvalue weighted by molar-refractivity contribution is 5.79. The van der Waals surface area contributed by atoms with Gasteiger partial charge in [0.15, 0.2) is 0 Å². The Bertz CT molecular complexity index is 161. The highest BCUT2D eigenvalue weighted by atomic mass is 16.2. The Balaban J connectivity index is 2.09. The van der Waals surface area contributed by atoms with Crippen LogP contribution in [0.1, 0.15) is 32.1 Å². The molecule has 1 spiro atoms. The Morgan fingerprint density at radius 3 is 2.50 bits per heavy atom. The van der Waals surface area contributed by atoms with Crippen molar-refractivity contribution >= 4 is 5.91 Å². The summed E-state index contributed by atoms with van der Waals surface area (Å²) in [5.74, 6) is 0.155. The Hall–Kier alpha value is -0.570. The lowest BCUT2D eigenvalue weighted by Gasteiger charge is -2.19. The normalized spacial score (nSPS) is 29.4. The summed E-state index contributed by atoms with van der Waals surface area (Å²) in [5, 5.41) is 0. The van der Waals surface area contributed by atoms with Crippen molar-refractivity contribution in [1.29, 1.82) is 0 Å². The van der Waals surface area contributed by atoms with Gasteiger partial charge in [0, 0.05) is 12.0 Å². The average Bonchev–Trinajstić information content (AvgIpc) is 2.46. The number of carbonyl (C=O) groups excluding carboxylic acids is 1. The summed E-state index contributed by atoms with van der Waals surface area (Å²) in [6, 6.07) is 0. The van der Waals surface area contributed by atoms with Crippen LogP contribution in [-0.4, -0.2) is 11.4 Å². The summed E-state index contributed by atoms with van der Waals surface area (Å²) in [4.78, 5) is 10.8. The lowest BCUT2D eigenvalue weighted by atomic mass is 9.96. The molecule has 1 saturated carbocycles. The Morgan fingerprint density at radius 2 is 2.00 bits per heavy atom. The molecule has 0 unspecified atom stereocenters. The number of hydrogen-bond acceptors (Lipinski definition) is 2. The molecule has 1 aliphatic carbocycles. The molecule has 3 heteroatoms. The first-order valence-corrected chi connectivity index (χ1v) is 3.87. The van der Waals surface area contributed by atoms with Crippen molar-refractivity contribution in [3.05, 3.63) is 0 Å². The second-order valence-corrected chi connectivity index (χ2v) is 3.34. The molecule has 0 bridgehead atoms. The van der Waals surface area contributed by atoms with Crippen LogP contribution in [0.2, 0.25) is 0 Å². The highest BCUT2D eigenvalue weighted by Crippen LogP contribution is 2.33. The summed E-state index contributed by atoms with van der Waals surface area (Å²) < 4.78 is 0. The summed E-state index contributed by atoms with van der Waals surface area (Å²) in [7, 11) is 0. The van der Waals surface area contributed by atoms with Crippen LogP contribution in [0.3, 0.4) is 0 Å². The molecule has 0 aromatic heterocycles. The number of carbonyl (C=O) groups is 1. The summed E-state index contributed by atoms with van der Waals surface area (Å²) >= 11 is 0. The smallest absolute Gasteiger partial charge is 0.236 e. The van der Waals surface area contributed by atoms with Crippen molar-refractivity contribution in [1.82, 2.24) is 10.9 Å². The van der Waals surface area contributed by atoms with Gasteiger partial charge in [-0.3, -0.25) is 10.2 Å². The fourth-order valence-corrected chi connectivity index (χ4v) is 1.95. The molecule has 2 fully saturated rings. The van der Waals surface area contributed by atoms with Crippen molar-refractivity contribution < 1.29 is 4.79 Å².